The van der Waals surface area contributed by atoms with Crippen LogP contribution >= 0.6 is 0 Å². The molecule has 1 N–H and O–H groups in total. The molecular weight excluding hydrogens is 176 g/mol. The Kier molecular flexibility index (Phi) is 1.97. The molecule has 0 bridgehead atoms. The van der Waals surface area contributed by atoms with E-state index in [0.29, 0.717) is 5.56 Å². The summed E-state index contributed by atoms with van der Waals surface area (Å²) in [5.41, 5.74) is 3.26. The second-order valence-corrected chi connectivity index (χ2v) is 3.33. The fourth-order valence-corrected chi connectivity index (χ4v) is 1.52. The van der Waals surface area contributed by atoms with E-state index in [-0.39, 0.29) is 0 Å². The van der Waals surface area contributed by atoms with E-state index >= 15 is 0 Å². The van der Waals surface area contributed by atoms with E-state index < -0.39 is 5.97 Å². The van der Waals surface area contributed by atoms with Crippen LogP contribution in [0.1, 0.15) is 15.9 Å². The first-order valence-electron chi connectivity index (χ1n) is 4.41. The van der Waals surface area contributed by atoms with Gasteiger partial charge in [0.15, 0.2) is 0 Å². The van der Waals surface area contributed by atoms with Crippen molar-refractivity contribution in [1.82, 2.24) is 0 Å². The van der Waals surface area contributed by atoms with Gasteiger partial charge in [-0.3, -0.25) is 0 Å². The van der Waals surface area contributed by atoms with E-state index in [9.17, 15) is 4.79 Å². The molecule has 0 saturated heterocycles. The second kappa shape index (κ2) is 3.14. The zero-order chi connectivity index (χ0) is 10.1. The molecule has 0 aromatic heterocycles. The van der Waals surface area contributed by atoms with Gasteiger partial charge in [-0.05, 0) is 24.1 Å². The van der Waals surface area contributed by atoms with Crippen molar-refractivity contribution in [3.63, 3.8) is 0 Å². The van der Waals surface area contributed by atoms with E-state index in [1.807, 2.05) is 37.3 Å². The van der Waals surface area contributed by atoms with Crippen LogP contribution in [0.3, 0.4) is 0 Å². The summed E-state index contributed by atoms with van der Waals surface area (Å²) >= 11 is 0. The highest BCUT2D eigenvalue weighted by atomic mass is 16.4. The molecule has 0 spiro atoms. The lowest BCUT2D eigenvalue weighted by atomic mass is 10.1. The second-order valence-electron chi connectivity index (χ2n) is 3.33. The Morgan fingerprint density at radius 3 is 2.43 bits per heavy atom. The topological polar surface area (TPSA) is 37.3 Å². The summed E-state index contributed by atoms with van der Waals surface area (Å²) in [7, 11) is 0. The number of fused-ring (bicyclic) bond motifs is 1. The quantitative estimate of drug-likeness (QED) is 0.743. The van der Waals surface area contributed by atoms with E-state index in [1.54, 1.807) is 6.07 Å². The lowest BCUT2D eigenvalue weighted by Gasteiger charge is -1.93. The van der Waals surface area contributed by atoms with Crippen molar-refractivity contribution >= 4 is 5.97 Å². The minimum absolute atomic E-state index is 0.371. The van der Waals surface area contributed by atoms with Crippen LogP contribution in [0.4, 0.5) is 0 Å². The summed E-state index contributed by atoms with van der Waals surface area (Å²) in [6, 6.07) is 11.2. The summed E-state index contributed by atoms with van der Waals surface area (Å²) in [4.78, 5) is 10.9. The molecule has 2 heteroatoms. The van der Waals surface area contributed by atoms with E-state index in [0.717, 1.165) is 16.7 Å². The smallest absolute Gasteiger partial charge is 0.336 e. The predicted octanol–water partition coefficient (Wildman–Crippen LogP) is 2.80. The Morgan fingerprint density at radius 2 is 1.71 bits per heavy atom. The lowest BCUT2D eigenvalue weighted by molar-refractivity contribution is 0.0698. The van der Waals surface area contributed by atoms with Crippen molar-refractivity contribution in [2.45, 2.75) is 6.92 Å². The number of hydrogen-bond donors (Lipinski definition) is 1. The Bertz CT molecular complexity index is 460. The summed E-state index contributed by atoms with van der Waals surface area (Å²) in [5, 5.41) is 8.92. The minimum Gasteiger partial charge on any atom is -0.478 e. The molecule has 0 aliphatic heterocycles. The summed E-state index contributed by atoms with van der Waals surface area (Å²) in [5.74, 6) is -0.871. The largest absolute Gasteiger partial charge is 0.478 e. The van der Waals surface area contributed by atoms with E-state index in [1.165, 1.54) is 0 Å². The highest BCUT2D eigenvalue weighted by Gasteiger charge is 2.12. The Labute approximate surface area is 82.2 Å². The van der Waals surface area contributed by atoms with Gasteiger partial charge in [0.2, 0.25) is 0 Å². The van der Waals surface area contributed by atoms with Crippen LogP contribution < -0.4 is 0 Å². The molecule has 0 aromatic carbocycles. The van der Waals surface area contributed by atoms with Crippen LogP contribution in [-0.4, -0.2) is 11.1 Å². The van der Waals surface area contributed by atoms with Crippen LogP contribution in [0.5, 0.6) is 0 Å². The Morgan fingerprint density at radius 1 is 1.07 bits per heavy atom. The maximum absolute atomic E-state index is 10.9. The third-order valence-electron chi connectivity index (χ3n) is 2.30. The number of hydrogen-bond acceptors (Lipinski definition) is 1. The van der Waals surface area contributed by atoms with Crippen molar-refractivity contribution in [2.75, 3.05) is 0 Å². The first-order chi connectivity index (χ1) is 6.68. The molecule has 0 atom stereocenters. The van der Waals surface area contributed by atoms with E-state index in [4.69, 9.17) is 5.11 Å². The zero-order valence-electron chi connectivity index (χ0n) is 7.82. The number of aromatic carboxylic acids is 1. The average Bonchev–Trinajstić information content (AvgIpc) is 2.46. The van der Waals surface area contributed by atoms with Crippen LogP contribution in [0.25, 0.3) is 11.1 Å². The summed E-state index contributed by atoms with van der Waals surface area (Å²) < 4.78 is 0. The van der Waals surface area contributed by atoms with Crippen molar-refractivity contribution < 1.29 is 9.90 Å². The minimum atomic E-state index is -0.871. The molecule has 70 valence electrons. The molecular formula is C12H10O2. The number of aryl methyl sites for hydroxylation is 1. The van der Waals surface area contributed by atoms with Gasteiger partial charge in [0.05, 0.1) is 5.56 Å². The van der Waals surface area contributed by atoms with E-state index in [2.05, 4.69) is 0 Å². The highest BCUT2D eigenvalue weighted by molar-refractivity contribution is 5.97. The SMILES string of the molecule is Cc1ccc2ccc(C(=O)O)c-2cc1. The number of carboxylic acids is 1. The average molecular weight is 186 g/mol. The van der Waals surface area contributed by atoms with Gasteiger partial charge in [0.25, 0.3) is 0 Å². The van der Waals surface area contributed by atoms with Gasteiger partial charge in [-0.1, -0.05) is 35.9 Å². The Balaban J connectivity index is 2.68. The fraction of sp³-hybridized carbons (Fsp3) is 0.0833. The maximum atomic E-state index is 10.9. The first-order valence-corrected chi connectivity index (χ1v) is 4.41. The van der Waals surface area contributed by atoms with Crippen molar-refractivity contribution in [3.05, 3.63) is 47.5 Å². The van der Waals surface area contributed by atoms with Crippen LogP contribution in [0.15, 0.2) is 36.4 Å². The van der Waals surface area contributed by atoms with Crippen molar-refractivity contribution in [3.8, 4) is 11.1 Å². The number of carbonyl (C=O) groups is 1. The molecule has 2 aliphatic rings. The van der Waals surface area contributed by atoms with Gasteiger partial charge in [0.1, 0.15) is 0 Å². The monoisotopic (exact) mass is 186 g/mol. The number of rotatable bonds is 1. The molecule has 14 heavy (non-hydrogen) atoms. The fourth-order valence-electron chi connectivity index (χ4n) is 1.52. The van der Waals surface area contributed by atoms with Gasteiger partial charge in [-0.2, -0.15) is 0 Å². The molecule has 2 rings (SSSR count). The van der Waals surface area contributed by atoms with Gasteiger partial charge >= 0.3 is 5.97 Å². The Hall–Kier alpha value is -1.83. The van der Waals surface area contributed by atoms with Gasteiger partial charge in [-0.25, -0.2) is 4.79 Å². The molecule has 0 amide bonds. The predicted molar refractivity (Wildman–Crippen MR) is 54.8 cm³/mol. The van der Waals surface area contributed by atoms with Crippen LogP contribution in [0.2, 0.25) is 0 Å². The lowest BCUT2D eigenvalue weighted by Crippen LogP contribution is -1.94. The molecule has 0 unspecified atom stereocenters. The third-order valence-corrected chi connectivity index (χ3v) is 2.30. The van der Waals surface area contributed by atoms with Crippen molar-refractivity contribution in [2.24, 2.45) is 0 Å². The molecule has 0 fully saturated rings. The van der Waals surface area contributed by atoms with Crippen LogP contribution in [0, 0.1) is 6.92 Å². The molecule has 2 aliphatic carbocycles. The summed E-state index contributed by atoms with van der Waals surface area (Å²) in [6.07, 6.45) is 0. The van der Waals surface area contributed by atoms with Gasteiger partial charge in [0, 0.05) is 0 Å². The summed E-state index contributed by atoms with van der Waals surface area (Å²) in [6.45, 7) is 1.99. The molecule has 0 heterocycles. The van der Waals surface area contributed by atoms with Crippen LogP contribution in [-0.2, 0) is 0 Å². The molecule has 2 nitrogen and oxygen atoms in total. The highest BCUT2D eigenvalue weighted by Crippen LogP contribution is 2.27. The maximum Gasteiger partial charge on any atom is 0.336 e. The molecule has 0 radical (unpaired) electrons. The first kappa shape index (κ1) is 8.75. The van der Waals surface area contributed by atoms with Gasteiger partial charge < -0.3 is 5.11 Å². The third kappa shape index (κ3) is 1.35. The zero-order valence-corrected chi connectivity index (χ0v) is 7.82. The van der Waals surface area contributed by atoms with Crippen molar-refractivity contribution in [1.29, 1.82) is 0 Å². The number of carboxylic acid groups (broad SMARTS) is 1. The normalized spacial score (nSPS) is 10.4. The molecule has 0 saturated carbocycles. The van der Waals surface area contributed by atoms with Gasteiger partial charge in [-0.15, -0.1) is 0 Å². The standard InChI is InChI=1S/C12H10O2/c1-8-2-4-9-5-7-11(12(13)14)10(9)6-3-8/h2-7H,1H3,(H,13,14). The molecule has 0 aromatic rings.